The second kappa shape index (κ2) is 7.41. The molecule has 4 nitrogen and oxygen atoms in total. The lowest BCUT2D eigenvalue weighted by atomic mass is 9.80. The SMILES string of the molecule is CC(O)C1CCN(C(=O)CC2CCC(CN)CC2)CC1. The first-order valence-electron chi connectivity index (χ1n) is 8.26. The number of aliphatic hydroxyl groups is 1. The number of carbonyl (C=O) groups excluding carboxylic acids is 1. The van der Waals surface area contributed by atoms with Gasteiger partial charge < -0.3 is 15.7 Å². The number of likely N-dealkylation sites (tertiary alicyclic amines) is 1. The van der Waals surface area contributed by atoms with E-state index in [9.17, 15) is 9.90 Å². The molecule has 2 rings (SSSR count). The average molecular weight is 282 g/mol. The van der Waals surface area contributed by atoms with Gasteiger partial charge in [-0.15, -0.1) is 0 Å². The van der Waals surface area contributed by atoms with Crippen LogP contribution in [0.1, 0.15) is 51.9 Å². The molecule has 4 heteroatoms. The van der Waals surface area contributed by atoms with Crippen molar-refractivity contribution in [1.82, 2.24) is 4.90 Å². The minimum absolute atomic E-state index is 0.237. The van der Waals surface area contributed by atoms with Crippen LogP contribution in [-0.2, 0) is 4.79 Å². The van der Waals surface area contributed by atoms with Crippen molar-refractivity contribution in [2.24, 2.45) is 23.5 Å². The van der Waals surface area contributed by atoms with Gasteiger partial charge in [-0.3, -0.25) is 4.79 Å². The predicted molar refractivity (Wildman–Crippen MR) is 80.1 cm³/mol. The van der Waals surface area contributed by atoms with Crippen LogP contribution in [0.25, 0.3) is 0 Å². The summed E-state index contributed by atoms with van der Waals surface area (Å²) in [6, 6.07) is 0. The van der Waals surface area contributed by atoms with Crippen molar-refractivity contribution in [3.8, 4) is 0 Å². The Labute approximate surface area is 122 Å². The van der Waals surface area contributed by atoms with Gasteiger partial charge >= 0.3 is 0 Å². The molecule has 1 heterocycles. The van der Waals surface area contributed by atoms with Gasteiger partial charge in [0, 0.05) is 19.5 Å². The number of nitrogens with two attached hydrogens (primary N) is 1. The minimum Gasteiger partial charge on any atom is -0.393 e. The van der Waals surface area contributed by atoms with Gasteiger partial charge in [-0.05, 0) is 69.7 Å². The fourth-order valence-electron chi connectivity index (χ4n) is 3.68. The van der Waals surface area contributed by atoms with Crippen molar-refractivity contribution in [3.63, 3.8) is 0 Å². The minimum atomic E-state index is -0.237. The third-order valence-electron chi connectivity index (χ3n) is 5.34. The molecule has 1 aliphatic heterocycles. The molecule has 20 heavy (non-hydrogen) atoms. The second-order valence-corrected chi connectivity index (χ2v) is 6.79. The molecule has 1 aliphatic carbocycles. The van der Waals surface area contributed by atoms with Gasteiger partial charge in [0.1, 0.15) is 0 Å². The molecule has 0 radical (unpaired) electrons. The Hall–Kier alpha value is -0.610. The molecule has 0 aromatic rings. The molecule has 1 unspecified atom stereocenters. The number of hydrogen-bond acceptors (Lipinski definition) is 3. The van der Waals surface area contributed by atoms with Crippen LogP contribution in [0.4, 0.5) is 0 Å². The molecule has 1 saturated carbocycles. The van der Waals surface area contributed by atoms with Crippen LogP contribution in [0, 0.1) is 17.8 Å². The maximum atomic E-state index is 12.3. The molecular formula is C16H30N2O2. The van der Waals surface area contributed by atoms with E-state index in [1.165, 1.54) is 12.8 Å². The summed E-state index contributed by atoms with van der Waals surface area (Å²) in [6.07, 6.45) is 7.09. The molecule has 2 aliphatic rings. The van der Waals surface area contributed by atoms with Gasteiger partial charge in [-0.1, -0.05) is 0 Å². The highest BCUT2D eigenvalue weighted by molar-refractivity contribution is 5.76. The molecule has 2 fully saturated rings. The summed E-state index contributed by atoms with van der Waals surface area (Å²) in [6.45, 7) is 4.31. The van der Waals surface area contributed by atoms with Crippen molar-refractivity contribution < 1.29 is 9.90 Å². The Morgan fingerprint density at radius 2 is 1.70 bits per heavy atom. The predicted octanol–water partition coefficient (Wildman–Crippen LogP) is 1.76. The van der Waals surface area contributed by atoms with Crippen LogP contribution >= 0.6 is 0 Å². The Morgan fingerprint density at radius 3 is 2.20 bits per heavy atom. The van der Waals surface area contributed by atoms with Gasteiger partial charge in [0.15, 0.2) is 0 Å². The first-order chi connectivity index (χ1) is 9.60. The van der Waals surface area contributed by atoms with Gasteiger partial charge in [-0.25, -0.2) is 0 Å². The van der Waals surface area contributed by atoms with E-state index in [0.717, 1.165) is 51.7 Å². The molecule has 0 spiro atoms. The zero-order valence-electron chi connectivity index (χ0n) is 12.8. The largest absolute Gasteiger partial charge is 0.393 e. The van der Waals surface area contributed by atoms with E-state index >= 15 is 0 Å². The van der Waals surface area contributed by atoms with E-state index < -0.39 is 0 Å². The van der Waals surface area contributed by atoms with Crippen LogP contribution in [0.15, 0.2) is 0 Å². The first-order valence-corrected chi connectivity index (χ1v) is 8.26. The van der Waals surface area contributed by atoms with Crippen molar-refractivity contribution in [2.45, 2.75) is 58.0 Å². The van der Waals surface area contributed by atoms with Crippen LogP contribution in [0.3, 0.4) is 0 Å². The number of amides is 1. The standard InChI is InChI=1S/C16H30N2O2/c1-12(19)15-6-8-18(9-7-15)16(20)10-13-2-4-14(11-17)5-3-13/h12-15,19H,2-11,17H2,1H3. The van der Waals surface area contributed by atoms with Crippen LogP contribution in [0.5, 0.6) is 0 Å². The van der Waals surface area contributed by atoms with Gasteiger partial charge in [0.25, 0.3) is 0 Å². The number of nitrogens with zero attached hydrogens (tertiary/aromatic N) is 1. The lowest BCUT2D eigenvalue weighted by molar-refractivity contribution is -0.134. The third-order valence-corrected chi connectivity index (χ3v) is 5.34. The van der Waals surface area contributed by atoms with E-state index in [4.69, 9.17) is 5.73 Å². The van der Waals surface area contributed by atoms with Crippen LogP contribution in [-0.4, -0.2) is 41.7 Å². The lowest BCUT2D eigenvalue weighted by Crippen LogP contribution is -2.41. The van der Waals surface area contributed by atoms with Crippen molar-refractivity contribution >= 4 is 5.91 Å². The molecule has 116 valence electrons. The van der Waals surface area contributed by atoms with Gasteiger partial charge in [0.05, 0.1) is 6.10 Å². The molecule has 1 saturated heterocycles. The first kappa shape index (κ1) is 15.8. The smallest absolute Gasteiger partial charge is 0.222 e. The maximum absolute atomic E-state index is 12.3. The summed E-state index contributed by atoms with van der Waals surface area (Å²) in [5.41, 5.74) is 5.71. The molecule has 3 N–H and O–H groups in total. The zero-order chi connectivity index (χ0) is 14.5. The molecular weight excluding hydrogens is 252 g/mol. The Kier molecular flexibility index (Phi) is 5.85. The number of aliphatic hydroxyl groups excluding tert-OH is 1. The van der Waals surface area contributed by atoms with Gasteiger partial charge in [-0.2, -0.15) is 0 Å². The molecule has 1 amide bonds. The van der Waals surface area contributed by atoms with E-state index in [0.29, 0.717) is 23.7 Å². The second-order valence-electron chi connectivity index (χ2n) is 6.79. The number of hydrogen-bond donors (Lipinski definition) is 2. The normalized spacial score (nSPS) is 30.2. The highest BCUT2D eigenvalue weighted by Crippen LogP contribution is 2.31. The Bertz CT molecular complexity index is 304. The summed E-state index contributed by atoms with van der Waals surface area (Å²) < 4.78 is 0. The fraction of sp³-hybridized carbons (Fsp3) is 0.938. The number of carbonyl (C=O) groups is 1. The zero-order valence-corrected chi connectivity index (χ0v) is 12.8. The fourth-order valence-corrected chi connectivity index (χ4v) is 3.68. The van der Waals surface area contributed by atoms with E-state index in [2.05, 4.69) is 0 Å². The topological polar surface area (TPSA) is 66.6 Å². The molecule has 0 aromatic heterocycles. The lowest BCUT2D eigenvalue weighted by Gasteiger charge is -2.35. The highest BCUT2D eigenvalue weighted by atomic mass is 16.3. The van der Waals surface area contributed by atoms with Gasteiger partial charge in [0.2, 0.25) is 5.91 Å². The monoisotopic (exact) mass is 282 g/mol. The van der Waals surface area contributed by atoms with E-state index in [-0.39, 0.29) is 6.10 Å². The third kappa shape index (κ3) is 4.19. The van der Waals surface area contributed by atoms with E-state index in [1.807, 2.05) is 11.8 Å². The summed E-state index contributed by atoms with van der Waals surface area (Å²) in [5, 5.41) is 9.60. The highest BCUT2D eigenvalue weighted by Gasteiger charge is 2.28. The van der Waals surface area contributed by atoms with E-state index in [1.54, 1.807) is 0 Å². The van der Waals surface area contributed by atoms with Crippen molar-refractivity contribution in [3.05, 3.63) is 0 Å². The molecule has 0 bridgehead atoms. The average Bonchev–Trinajstić information content (AvgIpc) is 2.48. The molecule has 1 atom stereocenters. The quantitative estimate of drug-likeness (QED) is 0.825. The Balaban J connectivity index is 1.71. The summed E-state index contributed by atoms with van der Waals surface area (Å²) in [7, 11) is 0. The van der Waals surface area contributed by atoms with Crippen molar-refractivity contribution in [1.29, 1.82) is 0 Å². The number of rotatable bonds is 4. The Morgan fingerprint density at radius 1 is 1.15 bits per heavy atom. The summed E-state index contributed by atoms with van der Waals surface area (Å²) >= 11 is 0. The number of piperidine rings is 1. The molecule has 0 aromatic carbocycles. The summed E-state index contributed by atoms with van der Waals surface area (Å²) in [4.78, 5) is 14.3. The summed E-state index contributed by atoms with van der Waals surface area (Å²) in [5.74, 6) is 1.95. The van der Waals surface area contributed by atoms with Crippen LogP contribution < -0.4 is 5.73 Å². The maximum Gasteiger partial charge on any atom is 0.222 e. The van der Waals surface area contributed by atoms with Crippen LogP contribution in [0.2, 0.25) is 0 Å². The van der Waals surface area contributed by atoms with Crippen molar-refractivity contribution in [2.75, 3.05) is 19.6 Å².